The van der Waals surface area contributed by atoms with Crippen LogP contribution in [0, 0.1) is 17.2 Å². The monoisotopic (exact) mass is 291 g/mol. The molecular formula is C18H33N3. The van der Waals surface area contributed by atoms with E-state index in [1.165, 1.54) is 38.6 Å². The van der Waals surface area contributed by atoms with Gasteiger partial charge in [0.15, 0.2) is 0 Å². The van der Waals surface area contributed by atoms with Gasteiger partial charge >= 0.3 is 0 Å². The number of nitrogens with one attached hydrogen (secondary N) is 1. The predicted molar refractivity (Wildman–Crippen MR) is 88.1 cm³/mol. The van der Waals surface area contributed by atoms with Crippen molar-refractivity contribution < 1.29 is 0 Å². The molecule has 0 aromatic rings. The summed E-state index contributed by atoms with van der Waals surface area (Å²) < 4.78 is 0. The summed E-state index contributed by atoms with van der Waals surface area (Å²) in [5, 5.41) is 13.3. The minimum absolute atomic E-state index is 0.290. The van der Waals surface area contributed by atoms with Gasteiger partial charge in [0.2, 0.25) is 0 Å². The Labute approximate surface area is 131 Å². The van der Waals surface area contributed by atoms with E-state index in [4.69, 9.17) is 0 Å². The van der Waals surface area contributed by atoms with Gasteiger partial charge in [0.1, 0.15) is 5.54 Å². The molecule has 0 heterocycles. The Balaban J connectivity index is 2.01. The Bertz CT molecular complexity index is 367. The maximum Gasteiger partial charge on any atom is 0.108 e. The Morgan fingerprint density at radius 2 is 1.90 bits per heavy atom. The average molecular weight is 291 g/mol. The smallest absolute Gasteiger partial charge is 0.108 e. The highest BCUT2D eigenvalue weighted by Gasteiger charge is 2.42. The zero-order valence-corrected chi connectivity index (χ0v) is 14.4. The lowest BCUT2D eigenvalue weighted by Gasteiger charge is -2.43. The van der Waals surface area contributed by atoms with Gasteiger partial charge < -0.3 is 0 Å². The molecule has 2 aliphatic rings. The first-order valence-corrected chi connectivity index (χ1v) is 8.90. The van der Waals surface area contributed by atoms with Gasteiger partial charge in [-0.15, -0.1) is 0 Å². The Morgan fingerprint density at radius 3 is 2.43 bits per heavy atom. The molecule has 0 bridgehead atoms. The van der Waals surface area contributed by atoms with Gasteiger partial charge in [-0.1, -0.05) is 13.8 Å². The fraction of sp³-hybridized carbons (Fsp3) is 0.944. The summed E-state index contributed by atoms with van der Waals surface area (Å²) in [6.45, 7) is 10.1. The quantitative estimate of drug-likeness (QED) is 0.777. The maximum atomic E-state index is 9.73. The highest BCUT2D eigenvalue weighted by Crippen LogP contribution is 2.37. The van der Waals surface area contributed by atoms with Gasteiger partial charge in [-0.05, 0) is 71.3 Å². The molecule has 2 saturated carbocycles. The second-order valence-electron chi connectivity index (χ2n) is 7.89. The van der Waals surface area contributed by atoms with Gasteiger partial charge in [-0.25, -0.2) is 0 Å². The van der Waals surface area contributed by atoms with E-state index < -0.39 is 0 Å². The SMILES string of the molecule is CC(C)CCN(C1CC1)C1CCCC(C#N)(NC(C)C)C1. The van der Waals surface area contributed by atoms with Crippen molar-refractivity contribution in [2.45, 2.75) is 96.3 Å². The molecule has 0 radical (unpaired) electrons. The third-order valence-electron chi connectivity index (χ3n) is 4.95. The summed E-state index contributed by atoms with van der Waals surface area (Å²) in [5.74, 6) is 0.768. The van der Waals surface area contributed by atoms with Crippen molar-refractivity contribution >= 4 is 0 Å². The van der Waals surface area contributed by atoms with Crippen LogP contribution in [-0.4, -0.2) is 35.1 Å². The molecule has 2 unspecified atom stereocenters. The minimum Gasteiger partial charge on any atom is -0.297 e. The van der Waals surface area contributed by atoms with E-state index in [1.54, 1.807) is 0 Å². The normalized spacial score (nSPS) is 30.1. The van der Waals surface area contributed by atoms with Gasteiger partial charge in [-0.3, -0.25) is 10.2 Å². The van der Waals surface area contributed by atoms with Crippen LogP contribution >= 0.6 is 0 Å². The van der Waals surface area contributed by atoms with Crippen molar-refractivity contribution in [3.05, 3.63) is 0 Å². The number of hydrogen-bond acceptors (Lipinski definition) is 3. The van der Waals surface area contributed by atoms with E-state index >= 15 is 0 Å². The summed E-state index contributed by atoms with van der Waals surface area (Å²) in [4.78, 5) is 2.74. The van der Waals surface area contributed by atoms with Crippen LogP contribution in [0.3, 0.4) is 0 Å². The second kappa shape index (κ2) is 7.11. The minimum atomic E-state index is -0.290. The standard InChI is InChI=1S/C18H33N3/c1-14(2)9-11-21(16-7-8-16)17-6-5-10-18(12-17,13-19)20-15(3)4/h14-17,20H,5-12H2,1-4H3. The van der Waals surface area contributed by atoms with Crippen LogP contribution in [0.15, 0.2) is 0 Å². The molecule has 1 N–H and O–H groups in total. The molecule has 3 nitrogen and oxygen atoms in total. The molecule has 0 aliphatic heterocycles. The van der Waals surface area contributed by atoms with Gasteiger partial charge in [-0.2, -0.15) is 5.26 Å². The van der Waals surface area contributed by atoms with E-state index in [0.29, 0.717) is 12.1 Å². The van der Waals surface area contributed by atoms with Crippen LogP contribution in [0.2, 0.25) is 0 Å². The average Bonchev–Trinajstić information content (AvgIpc) is 3.23. The van der Waals surface area contributed by atoms with E-state index in [2.05, 4.69) is 44.0 Å². The van der Waals surface area contributed by atoms with Crippen LogP contribution in [0.25, 0.3) is 0 Å². The molecule has 2 rings (SSSR count). The van der Waals surface area contributed by atoms with Crippen molar-refractivity contribution in [1.82, 2.24) is 10.2 Å². The summed E-state index contributed by atoms with van der Waals surface area (Å²) in [6.07, 6.45) is 8.50. The molecule has 0 amide bonds. The lowest BCUT2D eigenvalue weighted by Crippen LogP contribution is -2.55. The Morgan fingerprint density at radius 1 is 1.19 bits per heavy atom. The fourth-order valence-corrected chi connectivity index (χ4v) is 3.82. The van der Waals surface area contributed by atoms with E-state index in [1.807, 2.05) is 0 Å². The molecule has 2 fully saturated rings. The third kappa shape index (κ3) is 4.69. The van der Waals surface area contributed by atoms with Gasteiger partial charge in [0.05, 0.1) is 6.07 Å². The van der Waals surface area contributed by atoms with E-state index in [9.17, 15) is 5.26 Å². The zero-order valence-electron chi connectivity index (χ0n) is 14.4. The molecule has 0 spiro atoms. The van der Waals surface area contributed by atoms with Crippen LogP contribution in [-0.2, 0) is 0 Å². The largest absolute Gasteiger partial charge is 0.297 e. The van der Waals surface area contributed by atoms with Crippen molar-refractivity contribution in [2.24, 2.45) is 5.92 Å². The first kappa shape index (κ1) is 16.8. The molecule has 120 valence electrons. The first-order chi connectivity index (χ1) is 9.96. The van der Waals surface area contributed by atoms with Crippen molar-refractivity contribution in [2.75, 3.05) is 6.54 Å². The van der Waals surface area contributed by atoms with Gasteiger partial charge in [0.25, 0.3) is 0 Å². The second-order valence-corrected chi connectivity index (χ2v) is 7.89. The summed E-state index contributed by atoms with van der Waals surface area (Å²) >= 11 is 0. The van der Waals surface area contributed by atoms with Crippen molar-refractivity contribution in [3.8, 4) is 6.07 Å². The van der Waals surface area contributed by atoms with Crippen molar-refractivity contribution in [3.63, 3.8) is 0 Å². The summed E-state index contributed by atoms with van der Waals surface area (Å²) in [7, 11) is 0. The highest BCUT2D eigenvalue weighted by atomic mass is 15.2. The highest BCUT2D eigenvalue weighted by molar-refractivity contribution is 5.12. The van der Waals surface area contributed by atoms with E-state index in [0.717, 1.165) is 24.8 Å². The number of hydrogen-bond donors (Lipinski definition) is 1. The zero-order chi connectivity index (χ0) is 15.5. The molecule has 3 heteroatoms. The third-order valence-corrected chi connectivity index (χ3v) is 4.95. The molecule has 21 heavy (non-hydrogen) atoms. The lowest BCUT2D eigenvalue weighted by molar-refractivity contribution is 0.104. The topological polar surface area (TPSA) is 39.1 Å². The molecule has 0 aromatic carbocycles. The molecule has 0 aromatic heterocycles. The summed E-state index contributed by atoms with van der Waals surface area (Å²) in [6, 6.07) is 4.42. The van der Waals surface area contributed by atoms with E-state index in [-0.39, 0.29) is 5.54 Å². The van der Waals surface area contributed by atoms with Crippen LogP contribution in [0.4, 0.5) is 0 Å². The molecule has 2 atom stereocenters. The van der Waals surface area contributed by atoms with Gasteiger partial charge in [0, 0.05) is 18.1 Å². The molecule has 2 aliphatic carbocycles. The Hall–Kier alpha value is -0.590. The first-order valence-electron chi connectivity index (χ1n) is 8.90. The van der Waals surface area contributed by atoms with Crippen LogP contribution in [0.1, 0.15) is 72.6 Å². The number of rotatable bonds is 7. The fourth-order valence-electron chi connectivity index (χ4n) is 3.82. The summed E-state index contributed by atoms with van der Waals surface area (Å²) in [5.41, 5.74) is -0.290. The predicted octanol–water partition coefficient (Wildman–Crippen LogP) is 3.70. The van der Waals surface area contributed by atoms with Crippen LogP contribution < -0.4 is 5.32 Å². The number of nitriles is 1. The van der Waals surface area contributed by atoms with Crippen LogP contribution in [0.5, 0.6) is 0 Å². The molecule has 0 saturated heterocycles. The molecular weight excluding hydrogens is 258 g/mol. The van der Waals surface area contributed by atoms with Crippen molar-refractivity contribution in [1.29, 1.82) is 5.26 Å². The lowest BCUT2D eigenvalue weighted by atomic mass is 9.78. The Kier molecular flexibility index (Phi) is 5.68. The maximum absolute atomic E-state index is 9.73. The number of nitrogens with zero attached hydrogens (tertiary/aromatic N) is 2.